The molecule has 1 heterocycles. The molecule has 1 aromatic rings. The Morgan fingerprint density at radius 2 is 1.88 bits per heavy atom. The summed E-state index contributed by atoms with van der Waals surface area (Å²) in [6.07, 6.45) is 1.95. The smallest absolute Gasteiger partial charge is 0.317 e. The number of hydrogen-bond acceptors (Lipinski definition) is 3. The summed E-state index contributed by atoms with van der Waals surface area (Å²) in [4.78, 5) is 14.1. The van der Waals surface area contributed by atoms with Crippen LogP contribution in [0.25, 0.3) is 0 Å². The molecule has 1 N–H and O–H groups in total. The minimum Gasteiger partial charge on any atom is -0.336 e. The molecule has 6 nitrogen and oxygen atoms in total. The van der Waals surface area contributed by atoms with Crippen LogP contribution < -0.4 is 5.32 Å². The van der Waals surface area contributed by atoms with Crippen molar-refractivity contribution in [3.8, 4) is 0 Å². The van der Waals surface area contributed by atoms with Crippen LogP contribution in [0, 0.1) is 0 Å². The van der Waals surface area contributed by atoms with Crippen molar-refractivity contribution < 1.29 is 13.2 Å². The van der Waals surface area contributed by atoms with Gasteiger partial charge in [-0.05, 0) is 41.4 Å². The number of carbonyl (C=O) groups is 1. The Kier molecular flexibility index (Phi) is 6.65. The van der Waals surface area contributed by atoms with Crippen LogP contribution in [-0.4, -0.2) is 55.9 Å². The second kappa shape index (κ2) is 8.31. The topological polar surface area (TPSA) is 69.7 Å². The zero-order chi connectivity index (χ0) is 17.7. The highest BCUT2D eigenvalue weighted by Crippen LogP contribution is 2.25. The molecule has 1 unspecified atom stereocenters. The molecule has 2 rings (SSSR count). The van der Waals surface area contributed by atoms with E-state index in [4.69, 9.17) is 0 Å². The van der Waals surface area contributed by atoms with Gasteiger partial charge in [-0.3, -0.25) is 0 Å². The summed E-state index contributed by atoms with van der Waals surface area (Å²) >= 11 is 3.30. The quantitative estimate of drug-likeness (QED) is 0.800. The van der Waals surface area contributed by atoms with E-state index in [0.717, 1.165) is 12.8 Å². The third-order valence-electron chi connectivity index (χ3n) is 4.07. The molecule has 1 aliphatic rings. The van der Waals surface area contributed by atoms with Crippen molar-refractivity contribution in [3.05, 3.63) is 28.7 Å². The molecule has 1 aliphatic heterocycles. The maximum absolute atomic E-state index is 12.7. The van der Waals surface area contributed by atoms with E-state index in [2.05, 4.69) is 28.2 Å². The zero-order valence-electron chi connectivity index (χ0n) is 14.0. The lowest BCUT2D eigenvalue weighted by molar-refractivity contribution is 0.169. The molecule has 0 aromatic heterocycles. The second-order valence-corrected chi connectivity index (χ2v) is 8.72. The minimum absolute atomic E-state index is 0.117. The molecule has 2 amide bonds. The van der Waals surface area contributed by atoms with Gasteiger partial charge >= 0.3 is 6.03 Å². The van der Waals surface area contributed by atoms with Crippen molar-refractivity contribution in [1.29, 1.82) is 0 Å². The first-order valence-electron chi connectivity index (χ1n) is 8.16. The molecule has 0 aliphatic carbocycles. The third kappa shape index (κ3) is 4.49. The fourth-order valence-electron chi connectivity index (χ4n) is 2.73. The zero-order valence-corrected chi connectivity index (χ0v) is 16.4. The summed E-state index contributed by atoms with van der Waals surface area (Å²) in [5.41, 5.74) is 0. The van der Waals surface area contributed by atoms with Gasteiger partial charge in [0.2, 0.25) is 10.0 Å². The van der Waals surface area contributed by atoms with Crippen molar-refractivity contribution in [1.82, 2.24) is 14.5 Å². The number of carbonyl (C=O) groups excluding carboxylic acids is 1. The van der Waals surface area contributed by atoms with E-state index in [-0.39, 0.29) is 17.0 Å². The second-order valence-electron chi connectivity index (χ2n) is 5.96. The molecule has 0 spiro atoms. The van der Waals surface area contributed by atoms with Gasteiger partial charge in [-0.1, -0.05) is 25.5 Å². The molecule has 1 saturated heterocycles. The van der Waals surface area contributed by atoms with Crippen LogP contribution in [0.2, 0.25) is 0 Å². The number of halogens is 1. The molecular weight excluding hydrogens is 394 g/mol. The van der Waals surface area contributed by atoms with E-state index in [1.54, 1.807) is 29.2 Å². The summed E-state index contributed by atoms with van der Waals surface area (Å²) in [5, 5.41) is 2.96. The molecule has 134 valence electrons. The highest BCUT2D eigenvalue weighted by molar-refractivity contribution is 9.10. The molecule has 1 aromatic carbocycles. The first-order valence-corrected chi connectivity index (χ1v) is 10.4. The van der Waals surface area contributed by atoms with Crippen molar-refractivity contribution in [2.75, 3.05) is 26.2 Å². The molecule has 1 fully saturated rings. The van der Waals surface area contributed by atoms with Crippen LogP contribution in [-0.2, 0) is 10.0 Å². The molecule has 24 heavy (non-hydrogen) atoms. The number of nitrogens with one attached hydrogen (secondary N) is 1. The lowest BCUT2D eigenvalue weighted by Crippen LogP contribution is -2.54. The first kappa shape index (κ1) is 19.2. The van der Waals surface area contributed by atoms with Crippen LogP contribution in [0.5, 0.6) is 0 Å². The van der Waals surface area contributed by atoms with Crippen LogP contribution in [0.3, 0.4) is 0 Å². The summed E-state index contributed by atoms with van der Waals surface area (Å²) in [6, 6.07) is 6.80. The number of sulfonamides is 1. The van der Waals surface area contributed by atoms with Crippen molar-refractivity contribution in [3.63, 3.8) is 0 Å². The lowest BCUT2D eigenvalue weighted by atomic mass is 10.2. The standard InChI is InChI=1S/C16H24BrN3O3S/c1-3-6-13(2)18-16(21)19-9-11-20(12-10-19)24(22,23)15-8-5-4-7-14(15)17/h4-5,7-8,13H,3,6,9-12H2,1-2H3,(H,18,21). The van der Waals surface area contributed by atoms with Gasteiger partial charge in [-0.15, -0.1) is 0 Å². The molecule has 1 atom stereocenters. The van der Waals surface area contributed by atoms with Crippen LogP contribution >= 0.6 is 15.9 Å². The Hall–Kier alpha value is -1.12. The normalized spacial score (nSPS) is 17.5. The fourth-order valence-corrected chi connectivity index (χ4v) is 5.12. The number of rotatable bonds is 5. The monoisotopic (exact) mass is 417 g/mol. The van der Waals surface area contributed by atoms with Gasteiger partial charge in [0.1, 0.15) is 0 Å². The van der Waals surface area contributed by atoms with E-state index < -0.39 is 10.0 Å². The number of urea groups is 1. The van der Waals surface area contributed by atoms with E-state index in [0.29, 0.717) is 30.7 Å². The maximum atomic E-state index is 12.7. The molecule has 8 heteroatoms. The number of piperazine rings is 1. The average Bonchev–Trinajstić information content (AvgIpc) is 2.55. The molecule has 0 radical (unpaired) electrons. The highest BCUT2D eigenvalue weighted by atomic mass is 79.9. The summed E-state index contributed by atoms with van der Waals surface area (Å²) in [6.45, 7) is 5.46. The van der Waals surface area contributed by atoms with Gasteiger partial charge in [-0.25, -0.2) is 13.2 Å². The van der Waals surface area contributed by atoms with Gasteiger partial charge in [0.05, 0.1) is 4.90 Å². The van der Waals surface area contributed by atoms with Gasteiger partial charge in [-0.2, -0.15) is 4.31 Å². The van der Waals surface area contributed by atoms with Gasteiger partial charge < -0.3 is 10.2 Å². The Labute approximate surface area is 152 Å². The SMILES string of the molecule is CCCC(C)NC(=O)N1CCN(S(=O)(=O)c2ccccc2Br)CC1. The van der Waals surface area contributed by atoms with Crippen LogP contribution in [0.4, 0.5) is 4.79 Å². The van der Waals surface area contributed by atoms with Gasteiger partial charge in [0.25, 0.3) is 0 Å². The highest BCUT2D eigenvalue weighted by Gasteiger charge is 2.31. The van der Waals surface area contributed by atoms with Gasteiger partial charge in [0, 0.05) is 36.7 Å². The van der Waals surface area contributed by atoms with E-state index >= 15 is 0 Å². The van der Waals surface area contributed by atoms with Crippen LogP contribution in [0.15, 0.2) is 33.6 Å². The summed E-state index contributed by atoms with van der Waals surface area (Å²) in [5.74, 6) is 0. The van der Waals surface area contributed by atoms with Crippen molar-refractivity contribution in [2.24, 2.45) is 0 Å². The van der Waals surface area contributed by atoms with Crippen LogP contribution in [0.1, 0.15) is 26.7 Å². The molecule has 0 saturated carbocycles. The molecular formula is C16H24BrN3O3S. The average molecular weight is 418 g/mol. The maximum Gasteiger partial charge on any atom is 0.317 e. The first-order chi connectivity index (χ1) is 11.4. The lowest BCUT2D eigenvalue weighted by Gasteiger charge is -2.34. The predicted molar refractivity (Wildman–Crippen MR) is 97.4 cm³/mol. The van der Waals surface area contributed by atoms with E-state index in [1.807, 2.05) is 6.92 Å². The largest absolute Gasteiger partial charge is 0.336 e. The minimum atomic E-state index is -3.55. The van der Waals surface area contributed by atoms with Crippen molar-refractivity contribution in [2.45, 2.75) is 37.6 Å². The molecule has 0 bridgehead atoms. The number of benzene rings is 1. The third-order valence-corrected chi connectivity index (χ3v) is 6.98. The number of nitrogens with zero attached hydrogens (tertiary/aromatic N) is 2. The van der Waals surface area contributed by atoms with E-state index in [1.165, 1.54) is 4.31 Å². The van der Waals surface area contributed by atoms with Gasteiger partial charge in [0.15, 0.2) is 0 Å². The summed E-state index contributed by atoms with van der Waals surface area (Å²) < 4.78 is 27.4. The van der Waals surface area contributed by atoms with E-state index in [9.17, 15) is 13.2 Å². The Morgan fingerprint density at radius 3 is 2.46 bits per heavy atom. The van der Waals surface area contributed by atoms with Crippen molar-refractivity contribution >= 4 is 32.0 Å². The Bertz CT molecular complexity index is 673. The fraction of sp³-hybridized carbons (Fsp3) is 0.562. The predicted octanol–water partition coefficient (Wildman–Crippen LogP) is 2.65. The summed E-state index contributed by atoms with van der Waals surface area (Å²) in [7, 11) is -3.55. The Morgan fingerprint density at radius 1 is 1.25 bits per heavy atom. The number of hydrogen-bond donors (Lipinski definition) is 1. The Balaban J connectivity index is 1.97. The number of amides is 2.